The summed E-state index contributed by atoms with van der Waals surface area (Å²) in [6, 6.07) is 8.48. The molecule has 17 heavy (non-hydrogen) atoms. The average molecular weight is 246 g/mol. The number of benzene rings is 1. The molecule has 1 aliphatic rings. The van der Waals surface area contributed by atoms with Gasteiger partial charge in [-0.15, -0.1) is 11.3 Å². The second-order valence-electron chi connectivity index (χ2n) is 5.11. The monoisotopic (exact) mass is 246 g/mol. The van der Waals surface area contributed by atoms with E-state index in [2.05, 4.69) is 43.1 Å². The van der Waals surface area contributed by atoms with E-state index >= 15 is 0 Å². The van der Waals surface area contributed by atoms with Crippen LogP contribution in [0.25, 0.3) is 10.2 Å². The number of nitrogens with zero attached hydrogens (tertiary/aromatic N) is 2. The first-order chi connectivity index (χ1) is 8.23. The largest absolute Gasteiger partial charge is 0.305 e. The highest BCUT2D eigenvalue weighted by atomic mass is 32.1. The Labute approximate surface area is 106 Å². The molecule has 1 aromatic heterocycles. The van der Waals surface area contributed by atoms with Crippen molar-refractivity contribution < 1.29 is 0 Å². The maximum absolute atomic E-state index is 4.86. The normalized spacial score (nSPS) is 25.8. The standard InChI is InChI=1S/C14H18N2S/c1-3-14(8-9-16(2)10-14)13-15-11-6-4-5-7-12(11)17-13/h4-7H,3,8-10H2,1-2H3. The molecule has 3 heteroatoms. The van der Waals surface area contributed by atoms with Crippen molar-refractivity contribution in [2.45, 2.75) is 25.2 Å². The third-order valence-corrected chi connectivity index (χ3v) is 5.25. The minimum Gasteiger partial charge on any atom is -0.305 e. The van der Waals surface area contributed by atoms with Gasteiger partial charge < -0.3 is 4.90 Å². The van der Waals surface area contributed by atoms with Crippen LogP contribution >= 0.6 is 11.3 Å². The molecule has 1 aromatic carbocycles. The average Bonchev–Trinajstić information content (AvgIpc) is 2.93. The highest BCUT2D eigenvalue weighted by Crippen LogP contribution is 2.40. The van der Waals surface area contributed by atoms with E-state index < -0.39 is 0 Å². The first kappa shape index (κ1) is 11.2. The quantitative estimate of drug-likeness (QED) is 0.808. The first-order valence-corrected chi connectivity index (χ1v) is 7.10. The number of para-hydroxylation sites is 1. The summed E-state index contributed by atoms with van der Waals surface area (Å²) in [4.78, 5) is 7.29. The summed E-state index contributed by atoms with van der Waals surface area (Å²) in [5, 5.41) is 1.34. The van der Waals surface area contributed by atoms with Crippen molar-refractivity contribution >= 4 is 21.6 Å². The number of rotatable bonds is 2. The number of likely N-dealkylation sites (N-methyl/N-ethyl adjacent to an activating group) is 1. The summed E-state index contributed by atoms with van der Waals surface area (Å²) in [7, 11) is 2.21. The van der Waals surface area contributed by atoms with Crippen molar-refractivity contribution in [2.75, 3.05) is 20.1 Å². The zero-order valence-electron chi connectivity index (χ0n) is 10.4. The molecule has 0 spiro atoms. The molecule has 1 saturated heterocycles. The third kappa shape index (κ3) is 1.78. The molecule has 0 N–H and O–H groups in total. The number of aromatic nitrogens is 1. The smallest absolute Gasteiger partial charge is 0.101 e. The lowest BCUT2D eigenvalue weighted by molar-refractivity contribution is 0.360. The Bertz CT molecular complexity index is 501. The molecule has 0 bridgehead atoms. The van der Waals surface area contributed by atoms with Gasteiger partial charge in [0, 0.05) is 12.0 Å². The van der Waals surface area contributed by atoms with Gasteiger partial charge in [-0.3, -0.25) is 0 Å². The maximum Gasteiger partial charge on any atom is 0.101 e. The van der Waals surface area contributed by atoms with Crippen molar-refractivity contribution in [3.05, 3.63) is 29.3 Å². The zero-order valence-corrected chi connectivity index (χ0v) is 11.3. The summed E-state index contributed by atoms with van der Waals surface area (Å²) in [5.41, 5.74) is 1.47. The van der Waals surface area contributed by atoms with Crippen LogP contribution in [0.1, 0.15) is 24.8 Å². The molecule has 2 aromatic rings. The Hall–Kier alpha value is -0.930. The van der Waals surface area contributed by atoms with E-state index in [4.69, 9.17) is 4.98 Å². The Morgan fingerprint density at radius 2 is 2.24 bits per heavy atom. The Balaban J connectivity index is 2.07. The molecule has 0 saturated carbocycles. The number of likely N-dealkylation sites (tertiary alicyclic amines) is 1. The molecule has 0 amide bonds. The minimum atomic E-state index is 0.304. The SMILES string of the molecule is CCC1(c2nc3ccccc3s2)CCN(C)C1. The topological polar surface area (TPSA) is 16.1 Å². The minimum absolute atomic E-state index is 0.304. The Morgan fingerprint density at radius 3 is 2.88 bits per heavy atom. The summed E-state index contributed by atoms with van der Waals surface area (Å²) >= 11 is 1.88. The van der Waals surface area contributed by atoms with Crippen LogP contribution in [0.15, 0.2) is 24.3 Å². The molecule has 2 heterocycles. The van der Waals surface area contributed by atoms with Crippen molar-refractivity contribution in [1.82, 2.24) is 9.88 Å². The molecule has 1 aliphatic heterocycles. The van der Waals surface area contributed by atoms with Crippen LogP contribution in [0.4, 0.5) is 0 Å². The van der Waals surface area contributed by atoms with Gasteiger partial charge in [0.25, 0.3) is 0 Å². The molecular weight excluding hydrogens is 228 g/mol. The summed E-state index contributed by atoms with van der Waals surface area (Å²) in [5.74, 6) is 0. The zero-order chi connectivity index (χ0) is 11.9. The van der Waals surface area contributed by atoms with Crippen molar-refractivity contribution in [2.24, 2.45) is 0 Å². The number of thiazole rings is 1. The second kappa shape index (κ2) is 4.07. The second-order valence-corrected chi connectivity index (χ2v) is 6.14. The van der Waals surface area contributed by atoms with Crippen LogP contribution < -0.4 is 0 Å². The van der Waals surface area contributed by atoms with Crippen LogP contribution in [0, 0.1) is 0 Å². The summed E-state index contributed by atoms with van der Waals surface area (Å²) in [6.45, 7) is 4.65. The number of hydrogen-bond acceptors (Lipinski definition) is 3. The van der Waals surface area contributed by atoms with Gasteiger partial charge in [-0.2, -0.15) is 0 Å². The van der Waals surface area contributed by atoms with Crippen LogP contribution in [0.2, 0.25) is 0 Å². The van der Waals surface area contributed by atoms with E-state index in [1.165, 1.54) is 29.1 Å². The van der Waals surface area contributed by atoms with E-state index in [0.29, 0.717) is 5.41 Å². The van der Waals surface area contributed by atoms with Gasteiger partial charge in [0.15, 0.2) is 0 Å². The van der Waals surface area contributed by atoms with Crippen LogP contribution in [0.5, 0.6) is 0 Å². The van der Waals surface area contributed by atoms with Gasteiger partial charge in [0.05, 0.1) is 10.2 Å². The van der Waals surface area contributed by atoms with Crippen molar-refractivity contribution in [3.63, 3.8) is 0 Å². The lowest BCUT2D eigenvalue weighted by atomic mass is 9.85. The van der Waals surface area contributed by atoms with Crippen molar-refractivity contribution in [3.8, 4) is 0 Å². The van der Waals surface area contributed by atoms with Crippen LogP contribution in [-0.2, 0) is 5.41 Å². The molecule has 1 fully saturated rings. The van der Waals surface area contributed by atoms with E-state index in [1.807, 2.05) is 11.3 Å². The van der Waals surface area contributed by atoms with Crippen LogP contribution in [-0.4, -0.2) is 30.0 Å². The van der Waals surface area contributed by atoms with E-state index in [9.17, 15) is 0 Å². The molecule has 1 unspecified atom stereocenters. The molecule has 1 atom stereocenters. The summed E-state index contributed by atoms with van der Waals surface area (Å²) < 4.78 is 1.32. The molecule has 0 aliphatic carbocycles. The van der Waals surface area contributed by atoms with Gasteiger partial charge in [0.2, 0.25) is 0 Å². The van der Waals surface area contributed by atoms with Crippen molar-refractivity contribution in [1.29, 1.82) is 0 Å². The third-order valence-electron chi connectivity index (χ3n) is 3.97. The fourth-order valence-electron chi connectivity index (χ4n) is 2.79. The number of hydrogen-bond donors (Lipinski definition) is 0. The molecule has 3 rings (SSSR count). The van der Waals surface area contributed by atoms with Crippen LogP contribution in [0.3, 0.4) is 0 Å². The molecule has 0 radical (unpaired) electrons. The lowest BCUT2D eigenvalue weighted by Gasteiger charge is -2.24. The Kier molecular flexibility index (Phi) is 2.68. The predicted molar refractivity (Wildman–Crippen MR) is 73.7 cm³/mol. The van der Waals surface area contributed by atoms with E-state index in [-0.39, 0.29) is 0 Å². The van der Waals surface area contributed by atoms with E-state index in [0.717, 1.165) is 12.1 Å². The summed E-state index contributed by atoms with van der Waals surface area (Å²) in [6.07, 6.45) is 2.44. The van der Waals surface area contributed by atoms with Gasteiger partial charge in [-0.05, 0) is 38.6 Å². The van der Waals surface area contributed by atoms with Gasteiger partial charge in [-0.25, -0.2) is 4.98 Å². The van der Waals surface area contributed by atoms with E-state index in [1.54, 1.807) is 0 Å². The fraction of sp³-hybridized carbons (Fsp3) is 0.500. The fourth-order valence-corrected chi connectivity index (χ4v) is 4.04. The first-order valence-electron chi connectivity index (χ1n) is 6.28. The highest BCUT2D eigenvalue weighted by molar-refractivity contribution is 7.18. The maximum atomic E-state index is 4.86. The molecule has 90 valence electrons. The molecule has 2 nitrogen and oxygen atoms in total. The molecular formula is C14H18N2S. The Morgan fingerprint density at radius 1 is 1.41 bits per heavy atom. The highest BCUT2D eigenvalue weighted by Gasteiger charge is 2.39. The predicted octanol–water partition coefficient (Wildman–Crippen LogP) is 3.28. The van der Waals surface area contributed by atoms with Gasteiger partial charge in [0.1, 0.15) is 5.01 Å². The lowest BCUT2D eigenvalue weighted by Crippen LogP contribution is -2.28. The van der Waals surface area contributed by atoms with Gasteiger partial charge in [-0.1, -0.05) is 19.1 Å². The number of fused-ring (bicyclic) bond motifs is 1. The van der Waals surface area contributed by atoms with Gasteiger partial charge >= 0.3 is 0 Å².